The monoisotopic (exact) mass is 391 g/mol. The lowest BCUT2D eigenvalue weighted by Gasteiger charge is -2.14. The lowest BCUT2D eigenvalue weighted by Crippen LogP contribution is -2.28. The fraction of sp³-hybridized carbons (Fsp3) is 0.190. The second-order valence-corrected chi connectivity index (χ2v) is 6.95. The van der Waals surface area contributed by atoms with Crippen molar-refractivity contribution < 1.29 is 24.0 Å². The van der Waals surface area contributed by atoms with Crippen LogP contribution in [0.25, 0.3) is 0 Å². The van der Waals surface area contributed by atoms with E-state index in [2.05, 4.69) is 5.32 Å². The molecule has 0 aliphatic carbocycles. The first kappa shape index (κ1) is 18.5. The molecule has 2 aliphatic rings. The van der Waals surface area contributed by atoms with Gasteiger partial charge in [-0.2, -0.15) is 0 Å². The molecule has 8 nitrogen and oxygen atoms in total. The first-order valence-corrected chi connectivity index (χ1v) is 9.05. The highest BCUT2D eigenvalue weighted by atomic mass is 16.2. The van der Waals surface area contributed by atoms with E-state index in [1.807, 2.05) is 0 Å². The standard InChI is InChI=1S/C21H17N3O5/c1-23-20(28)15-7-4-13(10-16(15)21(23)29)19(27)22-14-5-2-12(3-6-14)11-24-17(25)8-9-18(24)26/h2-7,10H,8-9,11H2,1H3,(H,22,27). The third-order valence-electron chi connectivity index (χ3n) is 5.06. The molecule has 0 atom stereocenters. The predicted molar refractivity (Wildman–Crippen MR) is 102 cm³/mol. The molecule has 0 bridgehead atoms. The molecule has 1 fully saturated rings. The van der Waals surface area contributed by atoms with Crippen molar-refractivity contribution in [3.8, 4) is 0 Å². The van der Waals surface area contributed by atoms with Gasteiger partial charge in [0, 0.05) is 31.1 Å². The Morgan fingerprint density at radius 3 is 2.17 bits per heavy atom. The molecule has 146 valence electrons. The van der Waals surface area contributed by atoms with Crippen molar-refractivity contribution in [1.29, 1.82) is 0 Å². The van der Waals surface area contributed by atoms with Gasteiger partial charge in [0.1, 0.15) is 0 Å². The number of rotatable bonds is 4. The molecule has 0 radical (unpaired) electrons. The number of hydrogen-bond donors (Lipinski definition) is 1. The zero-order valence-corrected chi connectivity index (χ0v) is 15.6. The van der Waals surface area contributed by atoms with Crippen molar-refractivity contribution in [3.05, 3.63) is 64.7 Å². The van der Waals surface area contributed by atoms with Crippen LogP contribution >= 0.6 is 0 Å². The van der Waals surface area contributed by atoms with Crippen LogP contribution in [0.1, 0.15) is 49.5 Å². The molecule has 0 aromatic heterocycles. The van der Waals surface area contributed by atoms with Gasteiger partial charge in [0.2, 0.25) is 11.8 Å². The van der Waals surface area contributed by atoms with E-state index in [0.717, 1.165) is 10.5 Å². The van der Waals surface area contributed by atoms with Crippen LogP contribution in [0.2, 0.25) is 0 Å². The van der Waals surface area contributed by atoms with Crippen molar-refractivity contribution >= 4 is 35.2 Å². The van der Waals surface area contributed by atoms with E-state index < -0.39 is 11.8 Å². The van der Waals surface area contributed by atoms with Gasteiger partial charge in [0.15, 0.2) is 0 Å². The Morgan fingerprint density at radius 1 is 0.897 bits per heavy atom. The maximum atomic E-state index is 12.5. The Labute approximate surface area is 166 Å². The second-order valence-electron chi connectivity index (χ2n) is 6.95. The summed E-state index contributed by atoms with van der Waals surface area (Å²) in [7, 11) is 1.40. The normalized spacial score (nSPS) is 15.9. The van der Waals surface area contributed by atoms with Crippen LogP contribution in [0.15, 0.2) is 42.5 Å². The van der Waals surface area contributed by atoms with Crippen LogP contribution in [-0.4, -0.2) is 46.4 Å². The first-order chi connectivity index (χ1) is 13.8. The highest BCUT2D eigenvalue weighted by molar-refractivity contribution is 6.22. The van der Waals surface area contributed by atoms with Crippen LogP contribution in [-0.2, 0) is 16.1 Å². The van der Waals surface area contributed by atoms with Gasteiger partial charge in [-0.15, -0.1) is 0 Å². The molecule has 29 heavy (non-hydrogen) atoms. The highest BCUT2D eigenvalue weighted by Crippen LogP contribution is 2.23. The van der Waals surface area contributed by atoms with Crippen molar-refractivity contribution in [2.24, 2.45) is 0 Å². The number of likely N-dealkylation sites (tertiary alicyclic amines) is 1. The van der Waals surface area contributed by atoms with Crippen LogP contribution in [0, 0.1) is 0 Å². The lowest BCUT2D eigenvalue weighted by molar-refractivity contribution is -0.139. The average molecular weight is 391 g/mol. The Morgan fingerprint density at radius 2 is 1.52 bits per heavy atom. The van der Waals surface area contributed by atoms with Crippen LogP contribution < -0.4 is 5.32 Å². The minimum Gasteiger partial charge on any atom is -0.322 e. The fourth-order valence-electron chi connectivity index (χ4n) is 3.38. The zero-order chi connectivity index (χ0) is 20.7. The summed E-state index contributed by atoms with van der Waals surface area (Å²) in [5.41, 5.74) is 2.05. The number of nitrogens with zero attached hydrogens (tertiary/aromatic N) is 2. The summed E-state index contributed by atoms with van der Waals surface area (Å²) in [4.78, 5) is 62.2. The zero-order valence-electron chi connectivity index (χ0n) is 15.6. The number of imide groups is 2. The second kappa shape index (κ2) is 6.97. The number of fused-ring (bicyclic) bond motifs is 1. The number of carbonyl (C=O) groups is 5. The molecule has 2 aromatic carbocycles. The number of carbonyl (C=O) groups excluding carboxylic acids is 5. The van der Waals surface area contributed by atoms with Crippen LogP contribution in [0.3, 0.4) is 0 Å². The maximum Gasteiger partial charge on any atom is 0.261 e. The molecular formula is C21H17N3O5. The molecule has 2 heterocycles. The maximum absolute atomic E-state index is 12.5. The summed E-state index contributed by atoms with van der Waals surface area (Å²) in [6.45, 7) is 0.209. The van der Waals surface area contributed by atoms with E-state index in [4.69, 9.17) is 0 Å². The molecule has 8 heteroatoms. The third kappa shape index (κ3) is 3.29. The number of hydrogen-bond acceptors (Lipinski definition) is 5. The SMILES string of the molecule is CN1C(=O)c2ccc(C(=O)Nc3ccc(CN4C(=O)CCC4=O)cc3)cc2C1=O. The van der Waals surface area contributed by atoms with E-state index in [9.17, 15) is 24.0 Å². The van der Waals surface area contributed by atoms with Gasteiger partial charge in [0.25, 0.3) is 17.7 Å². The Hall–Kier alpha value is -3.81. The highest BCUT2D eigenvalue weighted by Gasteiger charge is 2.33. The van der Waals surface area contributed by atoms with Gasteiger partial charge in [0.05, 0.1) is 17.7 Å². The van der Waals surface area contributed by atoms with Crippen molar-refractivity contribution in [2.75, 3.05) is 12.4 Å². The molecular weight excluding hydrogens is 374 g/mol. The molecule has 0 saturated carbocycles. The van der Waals surface area contributed by atoms with Gasteiger partial charge < -0.3 is 5.32 Å². The molecule has 2 aromatic rings. The van der Waals surface area contributed by atoms with E-state index in [1.165, 1.54) is 30.1 Å². The topological polar surface area (TPSA) is 104 Å². The fourth-order valence-corrected chi connectivity index (χ4v) is 3.38. The largest absolute Gasteiger partial charge is 0.322 e. The molecule has 4 rings (SSSR count). The predicted octanol–water partition coefficient (Wildman–Crippen LogP) is 1.81. The van der Waals surface area contributed by atoms with Crippen molar-refractivity contribution in [1.82, 2.24) is 9.80 Å². The van der Waals surface area contributed by atoms with E-state index in [1.54, 1.807) is 24.3 Å². The van der Waals surface area contributed by atoms with Gasteiger partial charge in [-0.1, -0.05) is 12.1 Å². The number of anilines is 1. The minimum atomic E-state index is -0.435. The molecule has 1 N–H and O–H groups in total. The molecule has 0 unspecified atom stereocenters. The molecule has 0 spiro atoms. The molecule has 1 saturated heterocycles. The Kier molecular flexibility index (Phi) is 4.46. The summed E-state index contributed by atoms with van der Waals surface area (Å²) in [5.74, 6) is -1.59. The van der Waals surface area contributed by atoms with Gasteiger partial charge in [-0.3, -0.25) is 33.8 Å². The average Bonchev–Trinajstić information content (AvgIpc) is 3.15. The number of amides is 5. The van der Waals surface area contributed by atoms with E-state index in [-0.39, 0.29) is 53.8 Å². The number of nitrogens with one attached hydrogen (secondary N) is 1. The number of benzene rings is 2. The summed E-state index contributed by atoms with van der Waals surface area (Å²) in [5, 5.41) is 2.73. The van der Waals surface area contributed by atoms with E-state index >= 15 is 0 Å². The summed E-state index contributed by atoms with van der Waals surface area (Å²) < 4.78 is 0. The summed E-state index contributed by atoms with van der Waals surface area (Å²) in [6.07, 6.45) is 0.495. The molecule has 5 amide bonds. The van der Waals surface area contributed by atoms with Gasteiger partial charge in [-0.25, -0.2) is 0 Å². The Balaban J connectivity index is 1.45. The van der Waals surface area contributed by atoms with Crippen molar-refractivity contribution in [2.45, 2.75) is 19.4 Å². The quantitative estimate of drug-likeness (QED) is 0.801. The minimum absolute atomic E-state index is 0.178. The molecule has 2 aliphatic heterocycles. The Bertz CT molecular complexity index is 1060. The summed E-state index contributed by atoms with van der Waals surface area (Å²) >= 11 is 0. The smallest absolute Gasteiger partial charge is 0.261 e. The van der Waals surface area contributed by atoms with Gasteiger partial charge in [-0.05, 0) is 35.9 Å². The lowest BCUT2D eigenvalue weighted by atomic mass is 10.1. The van der Waals surface area contributed by atoms with Crippen LogP contribution in [0.5, 0.6) is 0 Å². The van der Waals surface area contributed by atoms with Crippen molar-refractivity contribution in [3.63, 3.8) is 0 Å². The van der Waals surface area contributed by atoms with E-state index in [0.29, 0.717) is 5.69 Å². The summed E-state index contributed by atoms with van der Waals surface area (Å²) in [6, 6.07) is 11.2. The third-order valence-corrected chi connectivity index (χ3v) is 5.06. The van der Waals surface area contributed by atoms with Crippen LogP contribution in [0.4, 0.5) is 5.69 Å². The van der Waals surface area contributed by atoms with Gasteiger partial charge >= 0.3 is 0 Å². The first-order valence-electron chi connectivity index (χ1n) is 9.05.